The Morgan fingerprint density at radius 1 is 1.26 bits per heavy atom. The molecule has 1 aliphatic heterocycles. The van der Waals surface area contributed by atoms with Crippen LogP contribution in [-0.4, -0.2) is 35.6 Å². The van der Waals surface area contributed by atoms with Crippen LogP contribution in [0.15, 0.2) is 17.3 Å². The fraction of sp³-hybridized carbons (Fsp3) is 0.769. The zero-order chi connectivity index (χ0) is 14.2. The Labute approximate surface area is 115 Å². The smallest absolute Gasteiger partial charge is 0.246 e. The van der Waals surface area contributed by atoms with Gasteiger partial charge in [0.1, 0.15) is 4.90 Å². The van der Waals surface area contributed by atoms with Gasteiger partial charge >= 0.3 is 0 Å². The van der Waals surface area contributed by atoms with Crippen LogP contribution in [0.1, 0.15) is 40.2 Å². The third-order valence-electron chi connectivity index (χ3n) is 3.58. The van der Waals surface area contributed by atoms with Crippen molar-refractivity contribution in [2.24, 2.45) is 11.8 Å². The first-order valence-corrected chi connectivity index (χ1v) is 8.29. The van der Waals surface area contributed by atoms with Crippen molar-refractivity contribution >= 4 is 10.0 Å². The highest BCUT2D eigenvalue weighted by Gasteiger charge is 2.32. The third kappa shape index (κ3) is 3.00. The van der Waals surface area contributed by atoms with Crippen LogP contribution in [0.2, 0.25) is 0 Å². The summed E-state index contributed by atoms with van der Waals surface area (Å²) in [6, 6.07) is 0.170. The van der Waals surface area contributed by atoms with Crippen LogP contribution in [0.4, 0.5) is 0 Å². The van der Waals surface area contributed by atoms with E-state index in [4.69, 9.17) is 0 Å². The average Bonchev–Trinajstić information content (AvgIpc) is 2.77. The van der Waals surface area contributed by atoms with Gasteiger partial charge in [-0.2, -0.15) is 9.40 Å². The summed E-state index contributed by atoms with van der Waals surface area (Å²) in [5.74, 6) is 0.831. The second-order valence-electron chi connectivity index (χ2n) is 6.02. The zero-order valence-corrected chi connectivity index (χ0v) is 12.9. The lowest BCUT2D eigenvalue weighted by Gasteiger charge is -2.33. The first-order valence-electron chi connectivity index (χ1n) is 6.85. The first kappa shape index (κ1) is 14.5. The van der Waals surface area contributed by atoms with E-state index in [1.165, 1.54) is 6.20 Å². The molecule has 2 unspecified atom stereocenters. The molecule has 0 radical (unpaired) electrons. The topological polar surface area (TPSA) is 55.2 Å². The summed E-state index contributed by atoms with van der Waals surface area (Å²) in [6.07, 6.45) is 4.18. The van der Waals surface area contributed by atoms with E-state index in [2.05, 4.69) is 18.9 Å². The van der Waals surface area contributed by atoms with Gasteiger partial charge in [0, 0.05) is 25.3 Å². The molecule has 1 fully saturated rings. The van der Waals surface area contributed by atoms with Crippen molar-refractivity contribution in [3.05, 3.63) is 12.4 Å². The molecule has 1 aliphatic rings. The lowest BCUT2D eigenvalue weighted by Crippen LogP contribution is -2.42. The Hall–Kier alpha value is -0.880. The lowest BCUT2D eigenvalue weighted by atomic mass is 9.94. The van der Waals surface area contributed by atoms with Crippen LogP contribution in [0.3, 0.4) is 0 Å². The molecule has 0 aliphatic carbocycles. The zero-order valence-electron chi connectivity index (χ0n) is 12.1. The van der Waals surface area contributed by atoms with Gasteiger partial charge in [-0.25, -0.2) is 8.42 Å². The predicted octanol–water partition coefficient (Wildman–Crippen LogP) is 2.13. The predicted molar refractivity (Wildman–Crippen MR) is 74.3 cm³/mol. The highest BCUT2D eigenvalue weighted by Crippen LogP contribution is 2.26. The number of piperidine rings is 1. The van der Waals surface area contributed by atoms with Crippen molar-refractivity contribution in [1.82, 2.24) is 14.1 Å². The van der Waals surface area contributed by atoms with Crippen molar-refractivity contribution in [2.75, 3.05) is 13.1 Å². The monoisotopic (exact) mass is 285 g/mol. The maximum atomic E-state index is 12.6. The van der Waals surface area contributed by atoms with Crippen molar-refractivity contribution < 1.29 is 8.42 Å². The number of nitrogens with zero attached hydrogens (tertiary/aromatic N) is 3. The number of hydrogen-bond donors (Lipinski definition) is 0. The summed E-state index contributed by atoms with van der Waals surface area (Å²) in [7, 11) is -3.39. The maximum Gasteiger partial charge on any atom is 0.246 e. The van der Waals surface area contributed by atoms with E-state index < -0.39 is 10.0 Å². The number of rotatable bonds is 3. The van der Waals surface area contributed by atoms with Gasteiger partial charge in [0.15, 0.2) is 0 Å². The van der Waals surface area contributed by atoms with E-state index in [0.29, 0.717) is 29.8 Å². The highest BCUT2D eigenvalue weighted by molar-refractivity contribution is 7.89. The number of aromatic nitrogens is 2. The van der Waals surface area contributed by atoms with E-state index in [-0.39, 0.29) is 6.04 Å². The van der Waals surface area contributed by atoms with E-state index in [1.54, 1.807) is 15.2 Å². The molecule has 1 saturated heterocycles. The third-order valence-corrected chi connectivity index (χ3v) is 5.36. The lowest BCUT2D eigenvalue weighted by molar-refractivity contribution is 0.222. The van der Waals surface area contributed by atoms with E-state index >= 15 is 0 Å². The van der Waals surface area contributed by atoms with Crippen molar-refractivity contribution in [1.29, 1.82) is 0 Å². The maximum absolute atomic E-state index is 12.6. The molecular weight excluding hydrogens is 262 g/mol. The first-order chi connectivity index (χ1) is 8.80. The van der Waals surface area contributed by atoms with Crippen LogP contribution in [0.25, 0.3) is 0 Å². The van der Waals surface area contributed by atoms with E-state index in [1.807, 2.05) is 13.8 Å². The molecule has 2 atom stereocenters. The van der Waals surface area contributed by atoms with Gasteiger partial charge in [-0.1, -0.05) is 13.8 Å². The van der Waals surface area contributed by atoms with E-state index in [9.17, 15) is 8.42 Å². The molecule has 19 heavy (non-hydrogen) atoms. The van der Waals surface area contributed by atoms with Gasteiger partial charge in [0.05, 0.1) is 6.20 Å². The fourth-order valence-electron chi connectivity index (χ4n) is 2.69. The molecule has 1 aromatic rings. The molecular formula is C13H23N3O2S. The van der Waals surface area contributed by atoms with Gasteiger partial charge in [0.2, 0.25) is 10.0 Å². The Morgan fingerprint density at radius 2 is 1.84 bits per heavy atom. The second-order valence-corrected chi connectivity index (χ2v) is 7.96. The molecule has 1 aromatic heterocycles. The SMILES string of the molecule is CC1CC(C)CN(S(=O)(=O)c2cnn(C(C)C)c2)C1. The van der Waals surface area contributed by atoms with Gasteiger partial charge in [-0.05, 0) is 32.1 Å². The van der Waals surface area contributed by atoms with Crippen LogP contribution in [0, 0.1) is 11.8 Å². The van der Waals surface area contributed by atoms with Crippen LogP contribution < -0.4 is 0 Å². The normalized spacial score (nSPS) is 25.9. The quantitative estimate of drug-likeness (QED) is 0.855. The molecule has 2 heterocycles. The molecule has 0 N–H and O–H groups in total. The van der Waals surface area contributed by atoms with Gasteiger partial charge in [0.25, 0.3) is 0 Å². The van der Waals surface area contributed by atoms with Crippen LogP contribution in [0.5, 0.6) is 0 Å². The largest absolute Gasteiger partial charge is 0.269 e. The Balaban J connectivity index is 2.25. The second kappa shape index (κ2) is 5.25. The molecule has 6 heteroatoms. The summed E-state index contributed by atoms with van der Waals surface area (Å²) in [6.45, 7) is 9.40. The molecule has 108 valence electrons. The van der Waals surface area contributed by atoms with Crippen molar-refractivity contribution in [3.63, 3.8) is 0 Å². The number of sulfonamides is 1. The van der Waals surface area contributed by atoms with Crippen molar-refractivity contribution in [3.8, 4) is 0 Å². The van der Waals surface area contributed by atoms with Gasteiger partial charge in [-0.15, -0.1) is 0 Å². The molecule has 0 amide bonds. The van der Waals surface area contributed by atoms with Crippen LogP contribution >= 0.6 is 0 Å². The average molecular weight is 285 g/mol. The minimum atomic E-state index is -3.39. The van der Waals surface area contributed by atoms with Crippen LogP contribution in [-0.2, 0) is 10.0 Å². The summed E-state index contributed by atoms with van der Waals surface area (Å²) >= 11 is 0. The highest BCUT2D eigenvalue weighted by atomic mass is 32.2. The van der Waals surface area contributed by atoms with Crippen molar-refractivity contribution in [2.45, 2.75) is 45.1 Å². The summed E-state index contributed by atoms with van der Waals surface area (Å²) < 4.78 is 28.5. The molecule has 5 nitrogen and oxygen atoms in total. The standard InChI is InChI=1S/C13H23N3O2S/c1-10(2)16-9-13(6-14-16)19(17,18)15-7-11(3)5-12(4)8-15/h6,9-12H,5,7-8H2,1-4H3. The molecule has 0 aromatic carbocycles. The fourth-order valence-corrected chi connectivity index (χ4v) is 4.31. The Kier molecular flexibility index (Phi) is 4.01. The summed E-state index contributed by atoms with van der Waals surface area (Å²) in [5, 5.41) is 4.13. The minimum absolute atomic E-state index is 0.170. The molecule has 0 spiro atoms. The van der Waals surface area contributed by atoms with Gasteiger partial charge in [-0.3, -0.25) is 4.68 Å². The molecule has 0 saturated carbocycles. The number of hydrogen-bond acceptors (Lipinski definition) is 3. The minimum Gasteiger partial charge on any atom is -0.269 e. The van der Waals surface area contributed by atoms with E-state index in [0.717, 1.165) is 6.42 Å². The molecule has 0 bridgehead atoms. The molecule has 2 rings (SSSR count). The Morgan fingerprint density at radius 3 is 2.32 bits per heavy atom. The Bertz CT molecular complexity index is 526. The summed E-state index contributed by atoms with van der Waals surface area (Å²) in [5.41, 5.74) is 0. The summed E-state index contributed by atoms with van der Waals surface area (Å²) in [4.78, 5) is 0.308. The van der Waals surface area contributed by atoms with Gasteiger partial charge < -0.3 is 0 Å².